The first-order valence-corrected chi connectivity index (χ1v) is 8.09. The minimum absolute atomic E-state index is 0.0340. The van der Waals surface area contributed by atoms with E-state index < -0.39 is 23.7 Å². The van der Waals surface area contributed by atoms with E-state index in [0.717, 1.165) is 0 Å². The molecule has 0 radical (unpaired) electrons. The Morgan fingerprint density at radius 1 is 1.46 bits per heavy atom. The van der Waals surface area contributed by atoms with Gasteiger partial charge in [-0.3, -0.25) is 0 Å². The van der Waals surface area contributed by atoms with Crippen molar-refractivity contribution >= 4 is 28.3 Å². The Labute approximate surface area is 142 Å². The summed E-state index contributed by atoms with van der Waals surface area (Å²) in [7, 11) is 0. The van der Waals surface area contributed by atoms with Gasteiger partial charge in [-0.15, -0.1) is 0 Å². The van der Waals surface area contributed by atoms with Gasteiger partial charge in [0, 0.05) is 18.7 Å². The molecule has 0 saturated carbocycles. The summed E-state index contributed by atoms with van der Waals surface area (Å²) < 4.78 is 33.9. The highest BCUT2D eigenvalue weighted by atomic mass is 35.5. The van der Waals surface area contributed by atoms with Crippen LogP contribution in [0.25, 0.3) is 10.9 Å². The lowest BCUT2D eigenvalue weighted by Gasteiger charge is -2.28. The summed E-state index contributed by atoms with van der Waals surface area (Å²) in [5, 5.41) is -0.178. The number of fused-ring (bicyclic) bond motifs is 1. The topological polar surface area (TPSA) is 71.1 Å². The fraction of sp³-hybridized carbons (Fsp3) is 0.533. The van der Waals surface area contributed by atoms with Crippen molar-refractivity contribution in [2.24, 2.45) is 5.92 Å². The van der Waals surface area contributed by atoms with Gasteiger partial charge in [-0.25, -0.2) is 18.6 Å². The minimum Gasteiger partial charge on any atom is -0.379 e. The fourth-order valence-electron chi connectivity index (χ4n) is 2.43. The zero-order chi connectivity index (χ0) is 17.9. The molecule has 9 heteroatoms. The summed E-state index contributed by atoms with van der Waals surface area (Å²) in [6.07, 6.45) is -0.138. The average Bonchev–Trinajstić information content (AvgIpc) is 2.75. The molecule has 24 heavy (non-hydrogen) atoms. The van der Waals surface area contributed by atoms with Crippen LogP contribution in [0.3, 0.4) is 0 Å². The van der Waals surface area contributed by atoms with E-state index in [0.29, 0.717) is 0 Å². The number of H-pyrrole nitrogens is 1. The largest absolute Gasteiger partial charge is 0.379 e. The lowest BCUT2D eigenvalue weighted by molar-refractivity contribution is 0.105. The summed E-state index contributed by atoms with van der Waals surface area (Å²) in [4.78, 5) is 22.8. The maximum Gasteiger partial charge on any atom is 0.347 e. The van der Waals surface area contributed by atoms with Crippen LogP contribution >= 0.6 is 11.6 Å². The highest BCUT2D eigenvalue weighted by molar-refractivity contribution is 6.30. The first-order chi connectivity index (χ1) is 11.5. The lowest BCUT2D eigenvalue weighted by atomic mass is 10.1. The number of hydrogen-bond donors (Lipinski definition) is 1. The second-order valence-corrected chi connectivity index (χ2v) is 5.49. The summed E-state index contributed by atoms with van der Waals surface area (Å²) in [6, 6.07) is 0. The van der Waals surface area contributed by atoms with Gasteiger partial charge >= 0.3 is 5.69 Å². The zero-order valence-corrected chi connectivity index (χ0v) is 14.4. The van der Waals surface area contributed by atoms with Crippen molar-refractivity contribution in [3.05, 3.63) is 27.7 Å². The van der Waals surface area contributed by atoms with Gasteiger partial charge < -0.3 is 14.6 Å². The molecule has 1 aliphatic heterocycles. The van der Waals surface area contributed by atoms with Gasteiger partial charge in [0.2, 0.25) is 0 Å². The van der Waals surface area contributed by atoms with Gasteiger partial charge in [0.05, 0.1) is 24.1 Å². The molecule has 0 aromatic carbocycles. The summed E-state index contributed by atoms with van der Waals surface area (Å²) >= 11 is 5.62. The van der Waals surface area contributed by atoms with Gasteiger partial charge in [-0.1, -0.05) is 32.4 Å². The predicted octanol–water partition coefficient (Wildman–Crippen LogP) is 2.91. The van der Waals surface area contributed by atoms with Crippen LogP contribution in [0.15, 0.2) is 11.0 Å². The van der Waals surface area contributed by atoms with E-state index in [2.05, 4.69) is 15.0 Å². The van der Waals surface area contributed by atoms with E-state index in [1.54, 1.807) is 6.92 Å². The number of pyridine rings is 1. The summed E-state index contributed by atoms with van der Waals surface area (Å²) in [5.74, 6) is -1.25. The van der Waals surface area contributed by atoms with Gasteiger partial charge in [0.25, 0.3) is 0 Å². The maximum absolute atomic E-state index is 14.6. The third-order valence-electron chi connectivity index (χ3n) is 3.55. The van der Waals surface area contributed by atoms with Crippen LogP contribution in [0.4, 0.5) is 14.6 Å². The Morgan fingerprint density at radius 2 is 2.17 bits per heavy atom. The first kappa shape index (κ1) is 18.5. The summed E-state index contributed by atoms with van der Waals surface area (Å²) in [5.41, 5.74) is -0.922. The molecule has 0 amide bonds. The standard InChI is InChI=1S/C13H13ClF2N4O2.C2H6/c1-6-5-22-3-2-20(11(6)16)12-7-4-17-10(14)8(15)9(7)18-13(21)19-12;1-2/h4,6,11H,2-3,5H2,1H3,(H,18,19,21);1-2H3. The van der Waals surface area contributed by atoms with Gasteiger partial charge in [0.1, 0.15) is 5.82 Å². The van der Waals surface area contributed by atoms with Crippen LogP contribution < -0.4 is 10.6 Å². The molecular weight excluding hydrogens is 342 g/mol. The Morgan fingerprint density at radius 3 is 2.88 bits per heavy atom. The SMILES string of the molecule is CC.CC1COCCN(c2nc(=O)[nH]c3c(F)c(Cl)ncc23)C1F. The van der Waals surface area contributed by atoms with E-state index in [4.69, 9.17) is 16.3 Å². The second kappa shape index (κ2) is 7.85. The number of ether oxygens (including phenoxy) is 1. The fourth-order valence-corrected chi connectivity index (χ4v) is 2.57. The van der Waals surface area contributed by atoms with Crippen LogP contribution in [0.1, 0.15) is 20.8 Å². The number of rotatable bonds is 1. The third kappa shape index (κ3) is 3.49. The van der Waals surface area contributed by atoms with Crippen molar-refractivity contribution in [1.82, 2.24) is 15.0 Å². The molecule has 6 nitrogen and oxygen atoms in total. The molecule has 2 aromatic rings. The van der Waals surface area contributed by atoms with E-state index in [-0.39, 0.29) is 41.6 Å². The molecule has 0 bridgehead atoms. The Kier molecular flexibility index (Phi) is 6.06. The van der Waals surface area contributed by atoms with Crippen molar-refractivity contribution < 1.29 is 13.5 Å². The number of aromatic amines is 1. The number of halogens is 3. The maximum atomic E-state index is 14.6. The van der Waals surface area contributed by atoms with E-state index in [9.17, 15) is 13.6 Å². The van der Waals surface area contributed by atoms with Crippen LogP contribution in [0.5, 0.6) is 0 Å². The third-order valence-corrected chi connectivity index (χ3v) is 3.82. The normalized spacial score (nSPS) is 21.2. The van der Waals surface area contributed by atoms with E-state index in [1.165, 1.54) is 11.1 Å². The first-order valence-electron chi connectivity index (χ1n) is 7.71. The number of anilines is 1. The Hall–Kier alpha value is -1.80. The van der Waals surface area contributed by atoms with Gasteiger partial charge in [-0.05, 0) is 0 Å². The van der Waals surface area contributed by atoms with Crippen LogP contribution in [-0.2, 0) is 4.74 Å². The zero-order valence-electron chi connectivity index (χ0n) is 13.6. The predicted molar refractivity (Wildman–Crippen MR) is 88.7 cm³/mol. The molecule has 3 heterocycles. The van der Waals surface area contributed by atoms with E-state index >= 15 is 0 Å². The number of hydrogen-bond acceptors (Lipinski definition) is 5. The molecule has 132 valence electrons. The van der Waals surface area contributed by atoms with Gasteiger partial charge in [-0.2, -0.15) is 4.98 Å². The minimum atomic E-state index is -1.40. The molecular formula is C15H19ClF2N4O2. The summed E-state index contributed by atoms with van der Waals surface area (Å²) in [6.45, 7) is 6.43. The molecule has 1 aliphatic rings. The molecule has 0 spiro atoms. The quantitative estimate of drug-likeness (QED) is 0.625. The highest BCUT2D eigenvalue weighted by Crippen LogP contribution is 2.29. The molecule has 3 rings (SSSR count). The van der Waals surface area contributed by atoms with Crippen molar-refractivity contribution in [2.75, 3.05) is 24.7 Å². The average molecular weight is 361 g/mol. The second-order valence-electron chi connectivity index (χ2n) is 5.14. The number of alkyl halides is 1. The molecule has 1 fully saturated rings. The van der Waals surface area contributed by atoms with Crippen LogP contribution in [-0.4, -0.2) is 41.0 Å². The molecule has 1 saturated heterocycles. The molecule has 1 N–H and O–H groups in total. The van der Waals surface area contributed by atoms with Crippen LogP contribution in [0.2, 0.25) is 5.15 Å². The van der Waals surface area contributed by atoms with Crippen molar-refractivity contribution in [1.29, 1.82) is 0 Å². The van der Waals surface area contributed by atoms with Crippen LogP contribution in [0, 0.1) is 11.7 Å². The van der Waals surface area contributed by atoms with Gasteiger partial charge in [0.15, 0.2) is 17.3 Å². The van der Waals surface area contributed by atoms with Crippen molar-refractivity contribution in [3.8, 4) is 0 Å². The van der Waals surface area contributed by atoms with E-state index in [1.807, 2.05) is 13.8 Å². The smallest absolute Gasteiger partial charge is 0.347 e. The molecule has 2 aromatic heterocycles. The number of nitrogens with one attached hydrogen (secondary N) is 1. The number of aromatic nitrogens is 3. The number of nitrogens with zero attached hydrogens (tertiary/aromatic N) is 3. The Bertz CT molecular complexity index is 771. The monoisotopic (exact) mass is 360 g/mol. The highest BCUT2D eigenvalue weighted by Gasteiger charge is 2.30. The molecule has 2 atom stereocenters. The molecule has 0 aliphatic carbocycles. The lowest BCUT2D eigenvalue weighted by Crippen LogP contribution is -2.38. The molecule has 2 unspecified atom stereocenters. The Balaban J connectivity index is 0.00000100. The van der Waals surface area contributed by atoms with Crippen molar-refractivity contribution in [3.63, 3.8) is 0 Å². The van der Waals surface area contributed by atoms with Crippen molar-refractivity contribution in [2.45, 2.75) is 27.1 Å².